The summed E-state index contributed by atoms with van der Waals surface area (Å²) in [4.78, 5) is 18.5. The minimum Gasteiger partial charge on any atom is -0.465 e. The van der Waals surface area contributed by atoms with Crippen LogP contribution in [0.15, 0.2) is 54.7 Å². The highest BCUT2D eigenvalue weighted by Crippen LogP contribution is 2.29. The molecule has 0 bridgehead atoms. The summed E-state index contributed by atoms with van der Waals surface area (Å²) < 4.78 is 4.77. The number of aromatic nitrogens is 1. The number of carbonyl (C=O) groups is 1. The lowest BCUT2D eigenvalue weighted by Crippen LogP contribution is -2.46. The van der Waals surface area contributed by atoms with Crippen LogP contribution in [0.3, 0.4) is 0 Å². The number of esters is 1. The van der Waals surface area contributed by atoms with Gasteiger partial charge in [0.25, 0.3) is 0 Å². The van der Waals surface area contributed by atoms with Crippen LogP contribution in [0.2, 0.25) is 5.02 Å². The molecule has 1 fully saturated rings. The van der Waals surface area contributed by atoms with Crippen LogP contribution in [0.1, 0.15) is 23.2 Å². The number of methoxy groups -OCH3 is 1. The van der Waals surface area contributed by atoms with Crippen LogP contribution in [0.4, 0.5) is 11.4 Å². The van der Waals surface area contributed by atoms with Gasteiger partial charge >= 0.3 is 5.97 Å². The zero-order chi connectivity index (χ0) is 21.8. The maximum absolute atomic E-state index is 11.7. The molecule has 1 saturated heterocycles. The number of benzene rings is 2. The van der Waals surface area contributed by atoms with Crippen LogP contribution in [-0.4, -0.2) is 42.3 Å². The summed E-state index contributed by atoms with van der Waals surface area (Å²) in [5, 5.41) is 8.88. The molecule has 3 aromatic rings. The highest BCUT2D eigenvalue weighted by atomic mass is 35.5. The molecule has 2 N–H and O–H groups in total. The Morgan fingerprint density at radius 2 is 2.00 bits per heavy atom. The van der Waals surface area contributed by atoms with Gasteiger partial charge in [-0.25, -0.2) is 4.79 Å². The first-order valence-corrected chi connectivity index (χ1v) is 10.9. The number of halogens is 1. The van der Waals surface area contributed by atoms with E-state index in [0.29, 0.717) is 15.7 Å². The number of piperidine rings is 1. The fourth-order valence-electron chi connectivity index (χ4n) is 3.84. The average Bonchev–Trinajstić information content (AvgIpc) is 2.79. The summed E-state index contributed by atoms with van der Waals surface area (Å²) in [7, 11) is 1.37. The van der Waals surface area contributed by atoms with Crippen molar-refractivity contribution in [3.05, 3.63) is 65.3 Å². The third kappa shape index (κ3) is 5.06. The summed E-state index contributed by atoms with van der Waals surface area (Å²) >= 11 is 11.7. The lowest BCUT2D eigenvalue weighted by Gasteiger charge is -2.35. The number of carbonyl (C=O) groups excluding carboxylic acids is 1. The normalized spacial score (nSPS) is 14.3. The van der Waals surface area contributed by atoms with Crippen LogP contribution in [-0.2, 0) is 4.74 Å². The summed E-state index contributed by atoms with van der Waals surface area (Å²) in [5.41, 5.74) is 3.33. The second-order valence-corrected chi connectivity index (χ2v) is 8.27. The van der Waals surface area contributed by atoms with Crippen molar-refractivity contribution in [3.63, 3.8) is 0 Å². The molecule has 160 valence electrons. The van der Waals surface area contributed by atoms with Gasteiger partial charge in [0.15, 0.2) is 5.11 Å². The molecule has 0 atom stereocenters. The smallest absolute Gasteiger partial charge is 0.337 e. The quantitative estimate of drug-likeness (QED) is 0.440. The number of rotatable bonds is 4. The Hall–Kier alpha value is -2.90. The summed E-state index contributed by atoms with van der Waals surface area (Å²) in [6.45, 7) is 1.81. The first-order valence-electron chi connectivity index (χ1n) is 10.1. The molecule has 0 unspecified atom stereocenters. The first-order chi connectivity index (χ1) is 15.0. The van der Waals surface area contributed by atoms with E-state index in [4.69, 9.17) is 28.6 Å². The van der Waals surface area contributed by atoms with Crippen LogP contribution < -0.4 is 15.5 Å². The number of anilines is 2. The first kappa shape index (κ1) is 21.3. The lowest BCUT2D eigenvalue weighted by atomic mass is 10.0. The van der Waals surface area contributed by atoms with Crippen molar-refractivity contribution < 1.29 is 9.53 Å². The van der Waals surface area contributed by atoms with Gasteiger partial charge in [0.05, 0.1) is 18.2 Å². The van der Waals surface area contributed by atoms with E-state index in [1.165, 1.54) is 7.11 Å². The predicted molar refractivity (Wildman–Crippen MR) is 129 cm³/mol. The van der Waals surface area contributed by atoms with E-state index in [9.17, 15) is 4.79 Å². The fourth-order valence-corrected chi connectivity index (χ4v) is 4.30. The highest BCUT2D eigenvalue weighted by Gasteiger charge is 2.21. The maximum Gasteiger partial charge on any atom is 0.337 e. The molecule has 1 aliphatic heterocycles. The number of hydrogen-bond acceptors (Lipinski definition) is 5. The van der Waals surface area contributed by atoms with Gasteiger partial charge in [-0.2, -0.15) is 0 Å². The molecule has 0 spiro atoms. The SMILES string of the molecule is COC(=O)c1cccc(NC(=S)NC2CCN(c3ccnc4ccc(Cl)cc34)CC2)c1. The van der Waals surface area contributed by atoms with Crippen molar-refractivity contribution in [1.82, 2.24) is 10.3 Å². The number of pyridine rings is 1. The van der Waals surface area contributed by atoms with Crippen molar-refractivity contribution in [3.8, 4) is 0 Å². The third-order valence-corrected chi connectivity index (χ3v) is 5.85. The molecule has 4 rings (SSSR count). The summed E-state index contributed by atoms with van der Waals surface area (Å²) in [6, 6.07) is 15.2. The van der Waals surface area contributed by atoms with E-state index < -0.39 is 0 Å². The molecule has 6 nitrogen and oxygen atoms in total. The van der Waals surface area contributed by atoms with Crippen molar-refractivity contribution in [2.75, 3.05) is 30.4 Å². The minimum atomic E-state index is -0.375. The fraction of sp³-hybridized carbons (Fsp3) is 0.261. The zero-order valence-corrected chi connectivity index (χ0v) is 18.7. The minimum absolute atomic E-state index is 0.275. The van der Waals surface area contributed by atoms with Gasteiger partial charge in [-0.05, 0) is 67.5 Å². The Morgan fingerprint density at radius 3 is 2.77 bits per heavy atom. The Labute approximate surface area is 191 Å². The molecule has 31 heavy (non-hydrogen) atoms. The Morgan fingerprint density at radius 1 is 1.19 bits per heavy atom. The van der Waals surface area contributed by atoms with Crippen molar-refractivity contribution >= 4 is 57.2 Å². The highest BCUT2D eigenvalue weighted by molar-refractivity contribution is 7.80. The van der Waals surface area contributed by atoms with E-state index >= 15 is 0 Å². The van der Waals surface area contributed by atoms with Gasteiger partial charge in [-0.3, -0.25) is 4.98 Å². The van der Waals surface area contributed by atoms with Gasteiger partial charge in [0.2, 0.25) is 0 Å². The van der Waals surface area contributed by atoms with Gasteiger partial charge in [-0.1, -0.05) is 17.7 Å². The monoisotopic (exact) mass is 454 g/mol. The average molecular weight is 455 g/mol. The Kier molecular flexibility index (Phi) is 6.53. The lowest BCUT2D eigenvalue weighted by molar-refractivity contribution is 0.0601. The predicted octanol–water partition coefficient (Wildman–Crippen LogP) is 4.63. The molecule has 0 saturated carbocycles. The number of nitrogens with zero attached hydrogens (tertiary/aromatic N) is 2. The molecule has 0 amide bonds. The summed E-state index contributed by atoms with van der Waals surface area (Å²) in [6.07, 6.45) is 3.75. The third-order valence-electron chi connectivity index (χ3n) is 5.39. The van der Waals surface area contributed by atoms with E-state index in [1.54, 1.807) is 18.2 Å². The molecule has 2 aromatic carbocycles. The molecular weight excluding hydrogens is 432 g/mol. The van der Waals surface area contributed by atoms with Gasteiger partial charge < -0.3 is 20.3 Å². The number of fused-ring (bicyclic) bond motifs is 1. The number of nitrogens with one attached hydrogen (secondary N) is 2. The van der Waals surface area contributed by atoms with Crippen LogP contribution in [0.5, 0.6) is 0 Å². The second kappa shape index (κ2) is 9.49. The zero-order valence-electron chi connectivity index (χ0n) is 17.1. The second-order valence-electron chi connectivity index (χ2n) is 7.42. The maximum atomic E-state index is 11.7. The molecular formula is C23H23ClN4O2S. The van der Waals surface area contributed by atoms with Crippen LogP contribution in [0.25, 0.3) is 10.9 Å². The van der Waals surface area contributed by atoms with E-state index in [2.05, 4.69) is 20.5 Å². The number of thiocarbonyl (C=S) groups is 1. The number of ether oxygens (including phenoxy) is 1. The molecule has 1 aromatic heterocycles. The van der Waals surface area contributed by atoms with Crippen LogP contribution >= 0.6 is 23.8 Å². The van der Waals surface area contributed by atoms with Crippen LogP contribution in [0, 0.1) is 0 Å². The topological polar surface area (TPSA) is 66.5 Å². The van der Waals surface area contributed by atoms with Gasteiger partial charge in [0.1, 0.15) is 0 Å². The molecule has 2 heterocycles. The number of hydrogen-bond donors (Lipinski definition) is 2. The molecule has 8 heteroatoms. The van der Waals surface area contributed by atoms with Crippen molar-refractivity contribution in [1.29, 1.82) is 0 Å². The van der Waals surface area contributed by atoms with Gasteiger partial charge in [0, 0.05) is 47.1 Å². The molecule has 0 radical (unpaired) electrons. The molecule has 0 aliphatic carbocycles. The van der Waals surface area contributed by atoms with E-state index in [0.717, 1.165) is 48.2 Å². The largest absolute Gasteiger partial charge is 0.465 e. The Bertz CT molecular complexity index is 1120. The van der Waals surface area contributed by atoms with Crippen molar-refractivity contribution in [2.45, 2.75) is 18.9 Å². The molecule has 1 aliphatic rings. The van der Waals surface area contributed by atoms with E-state index in [-0.39, 0.29) is 12.0 Å². The van der Waals surface area contributed by atoms with Crippen molar-refractivity contribution in [2.24, 2.45) is 0 Å². The van der Waals surface area contributed by atoms with E-state index in [1.807, 2.05) is 36.5 Å². The Balaban J connectivity index is 1.35. The standard InChI is InChI=1S/C23H23ClN4O2S/c1-30-22(29)15-3-2-4-18(13-15)27-23(31)26-17-8-11-28(12-9-17)21-7-10-25-20-6-5-16(24)14-19(20)21/h2-7,10,13-14,17H,8-9,11-12H2,1H3,(H2,26,27,31). The van der Waals surface area contributed by atoms with Gasteiger partial charge in [-0.15, -0.1) is 0 Å². The summed E-state index contributed by atoms with van der Waals surface area (Å²) in [5.74, 6) is -0.375.